The summed E-state index contributed by atoms with van der Waals surface area (Å²) in [5.74, 6) is 6.86. The van der Waals surface area contributed by atoms with Crippen LogP contribution in [0.5, 0.6) is 0 Å². The highest BCUT2D eigenvalue weighted by Crippen LogP contribution is 2.13. The van der Waals surface area contributed by atoms with Crippen molar-refractivity contribution in [2.24, 2.45) is 0 Å². The minimum Gasteiger partial charge on any atom is -0.307 e. The average Bonchev–Trinajstić information content (AvgIpc) is 2.35. The third-order valence-electron chi connectivity index (χ3n) is 2.27. The summed E-state index contributed by atoms with van der Waals surface area (Å²) in [5.41, 5.74) is 0. The fourth-order valence-electron chi connectivity index (χ4n) is 1.47. The van der Waals surface area contributed by atoms with Crippen molar-refractivity contribution in [3.05, 3.63) is 24.3 Å². The van der Waals surface area contributed by atoms with Crippen molar-refractivity contribution in [2.75, 3.05) is 6.54 Å². The van der Waals surface area contributed by atoms with Crippen molar-refractivity contribution in [1.82, 2.24) is 15.3 Å². The molecule has 1 N–H and O–H groups in total. The Balaban J connectivity index is 2.58. The maximum Gasteiger partial charge on any atom is 0.145 e. The van der Waals surface area contributed by atoms with E-state index in [0.29, 0.717) is 0 Å². The molecule has 0 bridgehead atoms. The highest BCUT2D eigenvalue weighted by molar-refractivity contribution is 5.00. The molecule has 3 heteroatoms. The second-order valence-electron chi connectivity index (χ2n) is 3.58. The molecule has 0 spiro atoms. The quantitative estimate of drug-likeness (QED) is 0.743. The summed E-state index contributed by atoms with van der Waals surface area (Å²) in [5, 5.41) is 3.45. The van der Waals surface area contributed by atoms with Gasteiger partial charge in [-0.25, -0.2) is 9.97 Å². The van der Waals surface area contributed by atoms with E-state index < -0.39 is 0 Å². The van der Waals surface area contributed by atoms with E-state index in [1.807, 2.05) is 13.0 Å². The van der Waals surface area contributed by atoms with Crippen LogP contribution in [0, 0.1) is 11.8 Å². The normalized spacial score (nSPS) is 11.6. The van der Waals surface area contributed by atoms with Gasteiger partial charge in [0, 0.05) is 18.8 Å². The van der Waals surface area contributed by atoms with Gasteiger partial charge in [-0.05, 0) is 32.4 Å². The average molecular weight is 217 g/mol. The maximum atomic E-state index is 4.29. The van der Waals surface area contributed by atoms with Crippen molar-refractivity contribution >= 4 is 0 Å². The predicted octanol–water partition coefficient (Wildman–Crippen LogP) is 2.32. The van der Waals surface area contributed by atoms with Crippen LogP contribution in [0.4, 0.5) is 0 Å². The molecule has 1 aromatic rings. The van der Waals surface area contributed by atoms with Crippen LogP contribution in [-0.4, -0.2) is 16.5 Å². The Bertz CT molecular complexity index is 337. The highest BCUT2D eigenvalue weighted by atomic mass is 15.0. The van der Waals surface area contributed by atoms with Crippen molar-refractivity contribution in [2.45, 2.75) is 39.2 Å². The first-order valence-corrected chi connectivity index (χ1v) is 5.78. The van der Waals surface area contributed by atoms with Gasteiger partial charge >= 0.3 is 0 Å². The number of hydrogen-bond acceptors (Lipinski definition) is 3. The largest absolute Gasteiger partial charge is 0.307 e. The van der Waals surface area contributed by atoms with Crippen molar-refractivity contribution in [3.8, 4) is 11.8 Å². The standard InChI is InChI=1S/C13H19N3/c1-3-5-6-8-12(14-9-4-2)13-15-10-7-11-16-13/h7,10-12,14H,4,6,8-9H2,1-2H3. The van der Waals surface area contributed by atoms with Gasteiger partial charge in [0.05, 0.1) is 6.04 Å². The van der Waals surface area contributed by atoms with Gasteiger partial charge in [-0.1, -0.05) is 6.92 Å². The smallest absolute Gasteiger partial charge is 0.145 e. The van der Waals surface area contributed by atoms with Crippen LogP contribution >= 0.6 is 0 Å². The van der Waals surface area contributed by atoms with Crippen molar-refractivity contribution < 1.29 is 0 Å². The lowest BCUT2D eigenvalue weighted by Gasteiger charge is -2.15. The Labute approximate surface area is 97.7 Å². The summed E-state index contributed by atoms with van der Waals surface area (Å²) in [7, 11) is 0. The van der Waals surface area contributed by atoms with E-state index in [1.165, 1.54) is 0 Å². The first-order valence-electron chi connectivity index (χ1n) is 5.78. The number of nitrogens with zero attached hydrogens (tertiary/aromatic N) is 2. The molecule has 0 aliphatic carbocycles. The van der Waals surface area contributed by atoms with Crippen molar-refractivity contribution in [1.29, 1.82) is 0 Å². The van der Waals surface area contributed by atoms with Gasteiger partial charge in [-0.2, -0.15) is 0 Å². The third-order valence-corrected chi connectivity index (χ3v) is 2.27. The molecule has 0 amide bonds. The van der Waals surface area contributed by atoms with E-state index in [4.69, 9.17) is 0 Å². The fourth-order valence-corrected chi connectivity index (χ4v) is 1.47. The molecule has 16 heavy (non-hydrogen) atoms. The molecule has 0 fully saturated rings. The zero-order chi connectivity index (χ0) is 11.6. The molecule has 1 rings (SSSR count). The lowest BCUT2D eigenvalue weighted by Crippen LogP contribution is -2.23. The topological polar surface area (TPSA) is 37.8 Å². The lowest BCUT2D eigenvalue weighted by atomic mass is 10.1. The van der Waals surface area contributed by atoms with Crippen LogP contribution in [0.3, 0.4) is 0 Å². The molecular weight excluding hydrogens is 198 g/mol. The van der Waals surface area contributed by atoms with E-state index >= 15 is 0 Å². The van der Waals surface area contributed by atoms with E-state index in [1.54, 1.807) is 12.4 Å². The molecule has 1 aromatic heterocycles. The zero-order valence-corrected chi connectivity index (χ0v) is 10.0. The van der Waals surface area contributed by atoms with Gasteiger partial charge in [0.25, 0.3) is 0 Å². The van der Waals surface area contributed by atoms with E-state index in [-0.39, 0.29) is 6.04 Å². The van der Waals surface area contributed by atoms with Gasteiger partial charge in [-0.3, -0.25) is 0 Å². The summed E-state index contributed by atoms with van der Waals surface area (Å²) in [6.45, 7) is 5.01. The molecule has 1 atom stereocenters. The fraction of sp³-hybridized carbons (Fsp3) is 0.538. The summed E-state index contributed by atoms with van der Waals surface area (Å²) in [6.07, 6.45) is 6.53. The second kappa shape index (κ2) is 7.84. The zero-order valence-electron chi connectivity index (χ0n) is 10.0. The molecule has 3 nitrogen and oxygen atoms in total. The Morgan fingerprint density at radius 1 is 1.38 bits per heavy atom. The van der Waals surface area contributed by atoms with Gasteiger partial charge in [0.2, 0.25) is 0 Å². The number of aromatic nitrogens is 2. The summed E-state index contributed by atoms with van der Waals surface area (Å²) in [4.78, 5) is 8.58. The van der Waals surface area contributed by atoms with Crippen LogP contribution in [0.1, 0.15) is 45.0 Å². The van der Waals surface area contributed by atoms with Gasteiger partial charge < -0.3 is 5.32 Å². The lowest BCUT2D eigenvalue weighted by molar-refractivity contribution is 0.482. The Morgan fingerprint density at radius 3 is 2.75 bits per heavy atom. The number of hydrogen-bond donors (Lipinski definition) is 1. The first-order chi connectivity index (χ1) is 7.88. The van der Waals surface area contributed by atoms with Gasteiger partial charge in [0.15, 0.2) is 0 Å². The molecular formula is C13H19N3. The molecule has 0 aliphatic heterocycles. The Kier molecular flexibility index (Phi) is 6.20. The number of nitrogens with one attached hydrogen (secondary N) is 1. The first kappa shape index (κ1) is 12.7. The maximum absolute atomic E-state index is 4.29. The van der Waals surface area contributed by atoms with Crippen LogP contribution in [0.25, 0.3) is 0 Å². The Morgan fingerprint density at radius 2 is 2.12 bits per heavy atom. The van der Waals surface area contributed by atoms with Gasteiger partial charge in [0.1, 0.15) is 5.82 Å². The molecule has 1 unspecified atom stereocenters. The summed E-state index contributed by atoms with van der Waals surface area (Å²) in [6, 6.07) is 2.06. The van der Waals surface area contributed by atoms with E-state index in [2.05, 4.69) is 34.0 Å². The van der Waals surface area contributed by atoms with E-state index in [0.717, 1.165) is 31.6 Å². The summed E-state index contributed by atoms with van der Waals surface area (Å²) >= 11 is 0. The molecule has 0 radical (unpaired) electrons. The molecule has 1 heterocycles. The minimum absolute atomic E-state index is 0.224. The number of rotatable bonds is 6. The molecule has 0 aliphatic rings. The Hall–Kier alpha value is -1.40. The molecule has 0 saturated heterocycles. The minimum atomic E-state index is 0.224. The molecule has 86 valence electrons. The van der Waals surface area contributed by atoms with Crippen LogP contribution in [0.15, 0.2) is 18.5 Å². The van der Waals surface area contributed by atoms with Crippen LogP contribution in [-0.2, 0) is 0 Å². The van der Waals surface area contributed by atoms with Crippen LogP contribution in [0.2, 0.25) is 0 Å². The van der Waals surface area contributed by atoms with E-state index in [9.17, 15) is 0 Å². The predicted molar refractivity (Wildman–Crippen MR) is 65.8 cm³/mol. The second-order valence-corrected chi connectivity index (χ2v) is 3.58. The monoisotopic (exact) mass is 217 g/mol. The SMILES string of the molecule is CC#CCCC(NCCC)c1ncccn1. The molecule has 0 aromatic carbocycles. The van der Waals surface area contributed by atoms with Crippen molar-refractivity contribution in [3.63, 3.8) is 0 Å². The third kappa shape index (κ3) is 4.41. The summed E-state index contributed by atoms with van der Waals surface area (Å²) < 4.78 is 0. The highest BCUT2D eigenvalue weighted by Gasteiger charge is 2.11. The van der Waals surface area contributed by atoms with Crippen LogP contribution < -0.4 is 5.32 Å². The molecule has 0 saturated carbocycles. The van der Waals surface area contributed by atoms with Gasteiger partial charge in [-0.15, -0.1) is 11.8 Å².